The number of hydrogen-bond donors (Lipinski definition) is 0. The summed E-state index contributed by atoms with van der Waals surface area (Å²) in [6.07, 6.45) is 0.739. The van der Waals surface area contributed by atoms with Crippen LogP contribution in [0.1, 0.15) is 73.5 Å². The van der Waals surface area contributed by atoms with E-state index in [0.29, 0.717) is 0 Å². The predicted octanol–water partition coefficient (Wildman–Crippen LogP) is 4.31. The van der Waals surface area contributed by atoms with Crippen LogP contribution >= 0.6 is 0 Å². The Morgan fingerprint density at radius 1 is 1.29 bits per heavy atom. The molecule has 0 N–H and O–H groups in total. The van der Waals surface area contributed by atoms with Gasteiger partial charge in [0.15, 0.2) is 11.6 Å². The minimum Gasteiger partial charge on any atom is -0.460 e. The van der Waals surface area contributed by atoms with Crippen LogP contribution in [0.5, 0.6) is 0 Å². The smallest absolute Gasteiger partial charge is 0.437 e. The van der Waals surface area contributed by atoms with E-state index < -0.39 is 23.6 Å². The fourth-order valence-electron chi connectivity index (χ4n) is 2.56. The Morgan fingerprint density at radius 2 is 1.90 bits per heavy atom. The molecule has 0 unspecified atom stereocenters. The van der Waals surface area contributed by atoms with E-state index in [1.807, 2.05) is 0 Å². The van der Waals surface area contributed by atoms with Gasteiger partial charge >= 0.3 is 12.1 Å². The minimum atomic E-state index is -4.73. The first-order chi connectivity index (χ1) is 9.93. The molecule has 2 rings (SSSR count). The number of hydrogen-bond acceptors (Lipinski definition) is 4. The van der Waals surface area contributed by atoms with Gasteiger partial charge in [-0.25, -0.2) is 9.78 Å². The Morgan fingerprint density at radius 3 is 2.43 bits per heavy atom. The molecule has 21 heavy (non-hydrogen) atoms. The van der Waals surface area contributed by atoms with Gasteiger partial charge in [-0.05, 0) is 19.8 Å². The molecular formula is C14H18F3NO3. The van der Waals surface area contributed by atoms with Crippen molar-refractivity contribution in [3.8, 4) is 0 Å². The van der Waals surface area contributed by atoms with Crippen LogP contribution in [0.2, 0.25) is 0 Å². The fraction of sp³-hybridized carbons (Fsp3) is 0.714. The number of esters is 1. The SMILES string of the molecule is CCOC(=O)c1oc(C2CCCCCC2)nc1C(F)(F)F. The van der Waals surface area contributed by atoms with Crippen molar-refractivity contribution in [1.29, 1.82) is 0 Å². The molecule has 1 aromatic heterocycles. The molecule has 0 aliphatic heterocycles. The van der Waals surface area contributed by atoms with Gasteiger partial charge in [0, 0.05) is 5.92 Å². The van der Waals surface area contributed by atoms with E-state index in [0.717, 1.165) is 38.5 Å². The first-order valence-electron chi connectivity index (χ1n) is 7.18. The zero-order valence-corrected chi connectivity index (χ0v) is 11.8. The highest BCUT2D eigenvalue weighted by molar-refractivity contribution is 5.87. The summed E-state index contributed by atoms with van der Waals surface area (Å²) >= 11 is 0. The van der Waals surface area contributed by atoms with Crippen LogP contribution in [0.15, 0.2) is 4.42 Å². The summed E-state index contributed by atoms with van der Waals surface area (Å²) in [5.41, 5.74) is -1.28. The van der Waals surface area contributed by atoms with Crippen molar-refractivity contribution in [2.24, 2.45) is 0 Å². The van der Waals surface area contributed by atoms with E-state index in [-0.39, 0.29) is 18.4 Å². The monoisotopic (exact) mass is 305 g/mol. The second-order valence-corrected chi connectivity index (χ2v) is 5.14. The lowest BCUT2D eigenvalue weighted by Gasteiger charge is -2.08. The Balaban J connectivity index is 2.33. The molecule has 0 atom stereocenters. The molecular weight excluding hydrogens is 287 g/mol. The summed E-state index contributed by atoms with van der Waals surface area (Å²) in [7, 11) is 0. The molecule has 0 spiro atoms. The molecule has 1 fully saturated rings. The van der Waals surface area contributed by atoms with Crippen LogP contribution in [-0.4, -0.2) is 17.6 Å². The van der Waals surface area contributed by atoms with Crippen LogP contribution in [0.25, 0.3) is 0 Å². The highest BCUT2D eigenvalue weighted by atomic mass is 19.4. The third-order valence-corrected chi connectivity index (χ3v) is 3.58. The molecule has 0 bridgehead atoms. The zero-order chi connectivity index (χ0) is 15.5. The number of alkyl halides is 3. The fourth-order valence-corrected chi connectivity index (χ4v) is 2.56. The number of carbonyl (C=O) groups excluding carboxylic acids is 1. The van der Waals surface area contributed by atoms with Crippen molar-refractivity contribution in [1.82, 2.24) is 4.98 Å². The maximum Gasteiger partial charge on any atom is 0.437 e. The minimum absolute atomic E-state index is 0.00674. The second-order valence-electron chi connectivity index (χ2n) is 5.14. The molecule has 0 aromatic carbocycles. The van der Waals surface area contributed by atoms with Crippen LogP contribution in [-0.2, 0) is 10.9 Å². The lowest BCUT2D eigenvalue weighted by atomic mass is 10.0. The van der Waals surface area contributed by atoms with E-state index in [1.54, 1.807) is 0 Å². The van der Waals surface area contributed by atoms with Gasteiger partial charge in [0.25, 0.3) is 0 Å². The van der Waals surface area contributed by atoms with Crippen LogP contribution in [0.4, 0.5) is 13.2 Å². The molecule has 1 heterocycles. The summed E-state index contributed by atoms with van der Waals surface area (Å²) < 4.78 is 48.7. The van der Waals surface area contributed by atoms with Gasteiger partial charge in [-0.15, -0.1) is 0 Å². The van der Waals surface area contributed by atoms with Gasteiger partial charge in [-0.1, -0.05) is 25.7 Å². The van der Waals surface area contributed by atoms with Gasteiger partial charge in [0.2, 0.25) is 5.76 Å². The molecule has 0 saturated heterocycles. The van der Waals surface area contributed by atoms with Gasteiger partial charge in [0.1, 0.15) is 0 Å². The standard InChI is InChI=1S/C14H18F3NO3/c1-2-20-13(19)10-11(14(15,16)17)18-12(21-10)9-7-5-3-4-6-8-9/h9H,2-8H2,1H3. The number of halogens is 3. The van der Waals surface area contributed by atoms with E-state index in [2.05, 4.69) is 9.72 Å². The van der Waals surface area contributed by atoms with E-state index >= 15 is 0 Å². The molecule has 7 heteroatoms. The summed E-state index contributed by atoms with van der Waals surface area (Å²) in [5.74, 6) is -2.09. The Hall–Kier alpha value is -1.53. The normalized spacial score (nSPS) is 17.5. The Bertz CT molecular complexity index is 488. The third-order valence-electron chi connectivity index (χ3n) is 3.58. The molecule has 1 aliphatic rings. The summed E-state index contributed by atoms with van der Waals surface area (Å²) in [5, 5.41) is 0. The van der Waals surface area contributed by atoms with Crippen molar-refractivity contribution in [3.63, 3.8) is 0 Å². The van der Waals surface area contributed by atoms with Crippen molar-refractivity contribution in [2.75, 3.05) is 6.61 Å². The Labute approximate surface area is 120 Å². The van der Waals surface area contributed by atoms with Crippen LogP contribution < -0.4 is 0 Å². The molecule has 1 aliphatic carbocycles. The van der Waals surface area contributed by atoms with Crippen molar-refractivity contribution in [3.05, 3.63) is 17.3 Å². The molecule has 0 amide bonds. The zero-order valence-electron chi connectivity index (χ0n) is 11.8. The molecule has 118 valence electrons. The van der Waals surface area contributed by atoms with E-state index in [1.165, 1.54) is 6.92 Å². The van der Waals surface area contributed by atoms with Gasteiger partial charge in [-0.2, -0.15) is 13.2 Å². The highest BCUT2D eigenvalue weighted by Crippen LogP contribution is 2.37. The number of nitrogens with zero attached hydrogens (tertiary/aromatic N) is 1. The molecule has 0 radical (unpaired) electrons. The first kappa shape index (κ1) is 15.9. The quantitative estimate of drug-likeness (QED) is 0.617. The largest absolute Gasteiger partial charge is 0.460 e. The lowest BCUT2D eigenvalue weighted by molar-refractivity contribution is -0.141. The lowest BCUT2D eigenvalue weighted by Crippen LogP contribution is -2.14. The number of aromatic nitrogens is 1. The van der Waals surface area contributed by atoms with E-state index in [9.17, 15) is 18.0 Å². The van der Waals surface area contributed by atoms with Crippen LogP contribution in [0, 0.1) is 0 Å². The summed E-state index contributed by atoms with van der Waals surface area (Å²) in [4.78, 5) is 15.2. The number of oxazole rings is 1. The number of ether oxygens (including phenoxy) is 1. The number of rotatable bonds is 3. The maximum atomic E-state index is 13.0. The van der Waals surface area contributed by atoms with Crippen molar-refractivity contribution >= 4 is 5.97 Å². The van der Waals surface area contributed by atoms with Gasteiger partial charge in [0.05, 0.1) is 6.61 Å². The first-order valence-corrected chi connectivity index (χ1v) is 7.18. The highest BCUT2D eigenvalue weighted by Gasteiger charge is 2.42. The van der Waals surface area contributed by atoms with Crippen LogP contribution in [0.3, 0.4) is 0 Å². The topological polar surface area (TPSA) is 52.3 Å². The van der Waals surface area contributed by atoms with Gasteiger partial charge < -0.3 is 9.15 Å². The average Bonchev–Trinajstić information content (AvgIpc) is 2.69. The van der Waals surface area contributed by atoms with Crippen molar-refractivity contribution in [2.45, 2.75) is 57.5 Å². The number of carbonyl (C=O) groups is 1. The molecule has 1 saturated carbocycles. The summed E-state index contributed by atoms with van der Waals surface area (Å²) in [6.45, 7) is 1.50. The Kier molecular flexibility index (Phi) is 4.90. The second kappa shape index (κ2) is 6.49. The third kappa shape index (κ3) is 3.77. The average molecular weight is 305 g/mol. The summed E-state index contributed by atoms with van der Waals surface area (Å²) in [6, 6.07) is 0. The van der Waals surface area contributed by atoms with Gasteiger partial charge in [-0.3, -0.25) is 0 Å². The van der Waals surface area contributed by atoms with Crippen molar-refractivity contribution < 1.29 is 27.1 Å². The predicted molar refractivity (Wildman–Crippen MR) is 67.9 cm³/mol. The maximum absolute atomic E-state index is 13.0. The molecule has 4 nitrogen and oxygen atoms in total. The van der Waals surface area contributed by atoms with E-state index in [4.69, 9.17) is 4.42 Å². The molecule has 1 aromatic rings.